The molecule has 0 amide bonds. The second-order valence-corrected chi connectivity index (χ2v) is 6.40. The molecule has 0 saturated carbocycles. The van der Waals surface area contributed by atoms with Crippen LogP contribution in [0.3, 0.4) is 0 Å². The molecule has 1 aromatic heterocycles. The van der Waals surface area contributed by atoms with E-state index in [1.807, 2.05) is 11.3 Å². The van der Waals surface area contributed by atoms with Crippen molar-refractivity contribution in [2.75, 3.05) is 0 Å². The minimum absolute atomic E-state index is 1.14. The highest BCUT2D eigenvalue weighted by molar-refractivity contribution is 9.10. The number of fused-ring (bicyclic) bond motifs is 5. The second kappa shape index (κ2) is 3.81. The van der Waals surface area contributed by atoms with Gasteiger partial charge in [-0.2, -0.15) is 0 Å². The third-order valence-corrected chi connectivity index (χ3v) is 4.95. The van der Waals surface area contributed by atoms with Crippen LogP contribution >= 0.6 is 27.3 Å². The minimum Gasteiger partial charge on any atom is -0.135 e. The first-order valence-electron chi connectivity index (χ1n) is 5.82. The fraction of sp³-hybridized carbons (Fsp3) is 0. The molecule has 0 aliphatic heterocycles. The van der Waals surface area contributed by atoms with Gasteiger partial charge in [-0.1, -0.05) is 46.3 Å². The first-order chi connectivity index (χ1) is 8.83. The van der Waals surface area contributed by atoms with Crippen molar-refractivity contribution in [3.63, 3.8) is 0 Å². The molecule has 1 heterocycles. The van der Waals surface area contributed by atoms with Gasteiger partial charge in [0, 0.05) is 24.6 Å². The van der Waals surface area contributed by atoms with Gasteiger partial charge in [0.2, 0.25) is 0 Å². The molecule has 0 radical (unpaired) electrons. The Balaban J connectivity index is 2.35. The van der Waals surface area contributed by atoms with Gasteiger partial charge in [0.05, 0.1) is 0 Å². The topological polar surface area (TPSA) is 0 Å². The van der Waals surface area contributed by atoms with E-state index in [1.165, 1.54) is 30.9 Å². The molecule has 0 N–H and O–H groups in total. The number of rotatable bonds is 0. The average Bonchev–Trinajstić information content (AvgIpc) is 2.77. The quantitative estimate of drug-likeness (QED) is 0.375. The fourth-order valence-electron chi connectivity index (χ4n) is 2.52. The largest absolute Gasteiger partial charge is 0.135 e. The standard InChI is InChI=1S/C16H9BrS/c17-11-6-8-14-13(9-11)16-12-4-2-1-3-10(12)5-7-15(16)18-14/h1-9H. The molecule has 86 valence electrons. The summed E-state index contributed by atoms with van der Waals surface area (Å²) in [6.07, 6.45) is 0. The van der Waals surface area contributed by atoms with Gasteiger partial charge in [0.25, 0.3) is 0 Å². The number of thiophene rings is 1. The molecular weight excluding hydrogens is 304 g/mol. The van der Waals surface area contributed by atoms with Gasteiger partial charge in [-0.15, -0.1) is 11.3 Å². The Kier molecular flexibility index (Phi) is 2.23. The van der Waals surface area contributed by atoms with Crippen molar-refractivity contribution in [2.24, 2.45) is 0 Å². The van der Waals surface area contributed by atoms with E-state index in [2.05, 4.69) is 70.5 Å². The smallest absolute Gasteiger partial charge is 0.0361 e. The Morgan fingerprint density at radius 1 is 0.778 bits per heavy atom. The van der Waals surface area contributed by atoms with Gasteiger partial charge in [-0.3, -0.25) is 0 Å². The van der Waals surface area contributed by atoms with Crippen LogP contribution in [-0.4, -0.2) is 0 Å². The summed E-state index contributed by atoms with van der Waals surface area (Å²) in [5, 5.41) is 5.39. The first kappa shape index (κ1) is 10.5. The predicted octanol–water partition coefficient (Wildman–Crippen LogP) is 5.97. The Bertz CT molecular complexity index is 889. The molecule has 0 aliphatic carbocycles. The molecule has 2 heteroatoms. The SMILES string of the molecule is Brc1ccc2sc3ccc4ccccc4c3c2c1. The minimum atomic E-state index is 1.14. The highest BCUT2D eigenvalue weighted by Gasteiger charge is 2.08. The third kappa shape index (κ3) is 1.43. The van der Waals surface area contributed by atoms with Crippen LogP contribution in [0.5, 0.6) is 0 Å². The van der Waals surface area contributed by atoms with Crippen LogP contribution in [0.2, 0.25) is 0 Å². The summed E-state index contributed by atoms with van der Waals surface area (Å²) in [4.78, 5) is 0. The summed E-state index contributed by atoms with van der Waals surface area (Å²) in [5.41, 5.74) is 0. The Morgan fingerprint density at radius 2 is 1.61 bits per heavy atom. The molecule has 0 atom stereocenters. The van der Waals surface area contributed by atoms with Crippen LogP contribution in [0.25, 0.3) is 30.9 Å². The van der Waals surface area contributed by atoms with Gasteiger partial charge in [-0.25, -0.2) is 0 Å². The lowest BCUT2D eigenvalue weighted by molar-refractivity contribution is 1.77. The number of benzene rings is 3. The molecule has 0 bridgehead atoms. The highest BCUT2D eigenvalue weighted by atomic mass is 79.9. The number of hydrogen-bond acceptors (Lipinski definition) is 1. The summed E-state index contributed by atoms with van der Waals surface area (Å²) in [6.45, 7) is 0. The van der Waals surface area contributed by atoms with Crippen LogP contribution in [-0.2, 0) is 0 Å². The molecule has 0 nitrogen and oxygen atoms in total. The van der Waals surface area contributed by atoms with E-state index in [1.54, 1.807) is 0 Å². The van der Waals surface area contributed by atoms with Gasteiger partial charge in [-0.05, 0) is 35.0 Å². The molecule has 4 aromatic rings. The molecule has 0 aliphatic rings. The van der Waals surface area contributed by atoms with Gasteiger partial charge in [0.1, 0.15) is 0 Å². The molecule has 0 fully saturated rings. The zero-order chi connectivity index (χ0) is 12.1. The molecule has 0 spiro atoms. The van der Waals surface area contributed by atoms with Crippen molar-refractivity contribution in [3.8, 4) is 0 Å². The lowest BCUT2D eigenvalue weighted by Gasteiger charge is -2.00. The Labute approximate surface area is 117 Å². The maximum absolute atomic E-state index is 3.57. The van der Waals surface area contributed by atoms with E-state index in [4.69, 9.17) is 0 Å². The van der Waals surface area contributed by atoms with E-state index in [0.29, 0.717) is 0 Å². The van der Waals surface area contributed by atoms with Crippen LogP contribution in [0.1, 0.15) is 0 Å². The summed E-state index contributed by atoms with van der Waals surface area (Å²) >= 11 is 5.44. The van der Waals surface area contributed by atoms with Gasteiger partial charge < -0.3 is 0 Å². The highest BCUT2D eigenvalue weighted by Crippen LogP contribution is 2.39. The van der Waals surface area contributed by atoms with Crippen LogP contribution in [0.15, 0.2) is 59.1 Å². The zero-order valence-corrected chi connectivity index (χ0v) is 11.9. The molecule has 18 heavy (non-hydrogen) atoms. The van der Waals surface area contributed by atoms with Crippen molar-refractivity contribution < 1.29 is 0 Å². The van der Waals surface area contributed by atoms with Crippen molar-refractivity contribution in [1.29, 1.82) is 0 Å². The van der Waals surface area contributed by atoms with Gasteiger partial charge >= 0.3 is 0 Å². The van der Waals surface area contributed by atoms with Crippen molar-refractivity contribution in [2.45, 2.75) is 0 Å². The van der Waals surface area contributed by atoms with Gasteiger partial charge in [0.15, 0.2) is 0 Å². The summed E-state index contributed by atoms with van der Waals surface area (Å²) in [5.74, 6) is 0. The van der Waals surface area contributed by atoms with Crippen molar-refractivity contribution in [3.05, 3.63) is 59.1 Å². The van der Waals surface area contributed by atoms with E-state index < -0.39 is 0 Å². The lowest BCUT2D eigenvalue weighted by atomic mass is 10.0. The van der Waals surface area contributed by atoms with E-state index in [0.717, 1.165) is 4.47 Å². The predicted molar refractivity (Wildman–Crippen MR) is 84.5 cm³/mol. The molecule has 0 saturated heterocycles. The zero-order valence-electron chi connectivity index (χ0n) is 9.48. The lowest BCUT2D eigenvalue weighted by Crippen LogP contribution is -1.73. The van der Waals surface area contributed by atoms with E-state index in [-0.39, 0.29) is 0 Å². The average molecular weight is 313 g/mol. The third-order valence-electron chi connectivity index (χ3n) is 3.32. The van der Waals surface area contributed by atoms with E-state index >= 15 is 0 Å². The first-order valence-corrected chi connectivity index (χ1v) is 7.43. The second-order valence-electron chi connectivity index (χ2n) is 4.40. The number of halogens is 1. The maximum atomic E-state index is 3.57. The molecular formula is C16H9BrS. The molecule has 3 aromatic carbocycles. The summed E-state index contributed by atoms with van der Waals surface area (Å²) in [6, 6.07) is 19.6. The maximum Gasteiger partial charge on any atom is 0.0361 e. The normalized spacial score (nSPS) is 11.6. The molecule has 4 rings (SSSR count). The van der Waals surface area contributed by atoms with Crippen LogP contribution in [0, 0.1) is 0 Å². The summed E-state index contributed by atoms with van der Waals surface area (Å²) in [7, 11) is 0. The monoisotopic (exact) mass is 312 g/mol. The van der Waals surface area contributed by atoms with Crippen molar-refractivity contribution >= 4 is 58.2 Å². The van der Waals surface area contributed by atoms with E-state index in [9.17, 15) is 0 Å². The Morgan fingerprint density at radius 3 is 2.56 bits per heavy atom. The van der Waals surface area contributed by atoms with Crippen LogP contribution < -0.4 is 0 Å². The fourth-order valence-corrected chi connectivity index (χ4v) is 3.98. The number of hydrogen-bond donors (Lipinski definition) is 0. The summed E-state index contributed by atoms with van der Waals surface area (Å²) < 4.78 is 3.86. The van der Waals surface area contributed by atoms with Crippen LogP contribution in [0.4, 0.5) is 0 Å². The van der Waals surface area contributed by atoms with Crippen molar-refractivity contribution in [1.82, 2.24) is 0 Å². The molecule has 0 unspecified atom stereocenters. The Hall–Kier alpha value is -1.38.